The van der Waals surface area contributed by atoms with E-state index in [1.807, 2.05) is 0 Å². The Hall–Kier alpha value is -1.38. The maximum atomic E-state index is 13.5. The van der Waals surface area contributed by atoms with Crippen molar-refractivity contribution in [3.8, 4) is 0 Å². The predicted molar refractivity (Wildman–Crippen MR) is 74.5 cm³/mol. The Morgan fingerprint density at radius 3 is 2.47 bits per heavy atom. The van der Waals surface area contributed by atoms with Gasteiger partial charge >= 0.3 is 5.97 Å². The second kappa shape index (κ2) is 6.69. The zero-order valence-corrected chi connectivity index (χ0v) is 11.9. The van der Waals surface area contributed by atoms with Crippen molar-refractivity contribution >= 4 is 5.97 Å². The minimum atomic E-state index is -0.836. The normalized spacial score (nSPS) is 13.3. The Balaban J connectivity index is 2.59. The third-order valence-electron chi connectivity index (χ3n) is 3.25. The lowest BCUT2D eigenvalue weighted by molar-refractivity contribution is -0.142. The topological polar surface area (TPSA) is 37.3 Å². The molecule has 0 aromatic heterocycles. The fraction of sp³-hybridized carbons (Fsp3) is 0.562. The molecule has 1 unspecified atom stereocenters. The van der Waals surface area contributed by atoms with Crippen molar-refractivity contribution < 1.29 is 14.3 Å². The molecular weight excluding hydrogens is 243 g/mol. The molecule has 2 nitrogen and oxygen atoms in total. The number of carbonyl (C=O) groups is 1. The van der Waals surface area contributed by atoms with Gasteiger partial charge in [-0.2, -0.15) is 0 Å². The molecule has 1 aromatic carbocycles. The van der Waals surface area contributed by atoms with Crippen LogP contribution >= 0.6 is 0 Å². The van der Waals surface area contributed by atoms with Crippen LogP contribution < -0.4 is 0 Å². The van der Waals surface area contributed by atoms with E-state index in [-0.39, 0.29) is 17.7 Å². The largest absolute Gasteiger partial charge is 0.481 e. The van der Waals surface area contributed by atoms with E-state index in [1.165, 1.54) is 6.07 Å². The lowest BCUT2D eigenvalue weighted by Gasteiger charge is -2.19. The highest BCUT2D eigenvalue weighted by atomic mass is 19.1. The van der Waals surface area contributed by atoms with Crippen LogP contribution in [-0.2, 0) is 11.2 Å². The van der Waals surface area contributed by atoms with Crippen molar-refractivity contribution in [1.82, 2.24) is 0 Å². The number of hydrogen-bond donors (Lipinski definition) is 1. The van der Waals surface area contributed by atoms with Gasteiger partial charge in [-0.15, -0.1) is 0 Å². The standard InChI is InChI=1S/C16H23FO2/c1-16(2,3)10-6-8-13(15(18)19)11-12-7-4-5-9-14(12)17/h4-5,7,9,13H,6,8,10-11H2,1-3H3,(H,18,19). The van der Waals surface area contributed by atoms with E-state index in [1.54, 1.807) is 18.2 Å². The Morgan fingerprint density at radius 1 is 1.32 bits per heavy atom. The van der Waals surface area contributed by atoms with Gasteiger partial charge in [0.25, 0.3) is 0 Å². The van der Waals surface area contributed by atoms with E-state index in [9.17, 15) is 14.3 Å². The first kappa shape index (κ1) is 15.7. The number of carboxylic acid groups (broad SMARTS) is 1. The van der Waals surface area contributed by atoms with Crippen LogP contribution in [0.4, 0.5) is 4.39 Å². The van der Waals surface area contributed by atoms with Crippen molar-refractivity contribution in [2.24, 2.45) is 11.3 Å². The molecule has 0 spiro atoms. The van der Waals surface area contributed by atoms with E-state index in [0.717, 1.165) is 12.8 Å². The van der Waals surface area contributed by atoms with E-state index < -0.39 is 11.9 Å². The van der Waals surface area contributed by atoms with Crippen LogP contribution in [0.1, 0.15) is 45.6 Å². The van der Waals surface area contributed by atoms with Crippen LogP contribution in [0.2, 0.25) is 0 Å². The molecule has 1 rings (SSSR count). The van der Waals surface area contributed by atoms with Gasteiger partial charge < -0.3 is 5.11 Å². The number of halogens is 1. The quantitative estimate of drug-likeness (QED) is 0.834. The minimum absolute atomic E-state index is 0.209. The summed E-state index contributed by atoms with van der Waals surface area (Å²) in [6.45, 7) is 6.42. The molecule has 0 saturated heterocycles. The summed E-state index contributed by atoms with van der Waals surface area (Å²) in [6, 6.07) is 6.40. The summed E-state index contributed by atoms with van der Waals surface area (Å²) in [5, 5.41) is 9.23. The Bertz CT molecular complexity index is 421. The lowest BCUT2D eigenvalue weighted by Crippen LogP contribution is -2.18. The van der Waals surface area contributed by atoms with Crippen LogP contribution in [-0.4, -0.2) is 11.1 Å². The highest BCUT2D eigenvalue weighted by Crippen LogP contribution is 2.25. The van der Waals surface area contributed by atoms with Crippen LogP contribution in [0.3, 0.4) is 0 Å². The van der Waals surface area contributed by atoms with Gasteiger partial charge in [0.1, 0.15) is 5.82 Å². The average Bonchev–Trinajstić information content (AvgIpc) is 2.28. The number of rotatable bonds is 6. The molecule has 0 aliphatic rings. The van der Waals surface area contributed by atoms with Gasteiger partial charge in [0, 0.05) is 0 Å². The zero-order chi connectivity index (χ0) is 14.5. The molecule has 1 atom stereocenters. The van der Waals surface area contributed by atoms with Crippen LogP contribution in [0.25, 0.3) is 0 Å². The van der Waals surface area contributed by atoms with E-state index in [2.05, 4.69) is 20.8 Å². The molecule has 0 amide bonds. The van der Waals surface area contributed by atoms with Crippen LogP contribution in [0, 0.1) is 17.2 Å². The lowest BCUT2D eigenvalue weighted by atomic mass is 9.86. The first-order chi connectivity index (χ1) is 8.79. The molecule has 0 aliphatic heterocycles. The van der Waals surface area contributed by atoms with Gasteiger partial charge in [0.05, 0.1) is 5.92 Å². The highest BCUT2D eigenvalue weighted by Gasteiger charge is 2.20. The first-order valence-electron chi connectivity index (χ1n) is 6.76. The molecular formula is C16H23FO2. The molecule has 0 aliphatic carbocycles. The third kappa shape index (κ3) is 5.86. The van der Waals surface area contributed by atoms with Gasteiger partial charge in [0.15, 0.2) is 0 Å². The van der Waals surface area contributed by atoms with Crippen molar-refractivity contribution in [1.29, 1.82) is 0 Å². The molecule has 1 aromatic rings. The maximum absolute atomic E-state index is 13.5. The van der Waals surface area contributed by atoms with Gasteiger partial charge in [-0.05, 0) is 36.3 Å². The summed E-state index contributed by atoms with van der Waals surface area (Å²) >= 11 is 0. The summed E-state index contributed by atoms with van der Waals surface area (Å²) in [5.74, 6) is -1.65. The fourth-order valence-electron chi connectivity index (χ4n) is 2.12. The number of aliphatic carboxylic acids is 1. The Morgan fingerprint density at radius 2 is 1.95 bits per heavy atom. The molecule has 0 radical (unpaired) electrons. The zero-order valence-electron chi connectivity index (χ0n) is 11.9. The van der Waals surface area contributed by atoms with E-state index >= 15 is 0 Å². The molecule has 0 bridgehead atoms. The molecule has 3 heteroatoms. The van der Waals surface area contributed by atoms with E-state index in [0.29, 0.717) is 12.0 Å². The highest BCUT2D eigenvalue weighted by molar-refractivity contribution is 5.70. The fourth-order valence-corrected chi connectivity index (χ4v) is 2.12. The van der Waals surface area contributed by atoms with Crippen LogP contribution in [0.15, 0.2) is 24.3 Å². The van der Waals surface area contributed by atoms with Gasteiger partial charge in [-0.3, -0.25) is 4.79 Å². The number of carboxylic acids is 1. The van der Waals surface area contributed by atoms with Gasteiger partial charge in [0.2, 0.25) is 0 Å². The monoisotopic (exact) mass is 266 g/mol. The van der Waals surface area contributed by atoms with Crippen molar-refractivity contribution in [3.63, 3.8) is 0 Å². The van der Waals surface area contributed by atoms with Crippen molar-refractivity contribution in [2.45, 2.75) is 46.5 Å². The Kier molecular flexibility index (Phi) is 5.52. The molecule has 19 heavy (non-hydrogen) atoms. The SMILES string of the molecule is CC(C)(C)CCCC(Cc1ccccc1F)C(=O)O. The van der Waals surface area contributed by atoms with Gasteiger partial charge in [-0.1, -0.05) is 45.4 Å². The smallest absolute Gasteiger partial charge is 0.306 e. The molecule has 1 N–H and O–H groups in total. The minimum Gasteiger partial charge on any atom is -0.481 e. The molecule has 0 fully saturated rings. The number of hydrogen-bond acceptors (Lipinski definition) is 1. The van der Waals surface area contributed by atoms with Gasteiger partial charge in [-0.25, -0.2) is 4.39 Å². The summed E-state index contributed by atoms with van der Waals surface area (Å²) in [7, 11) is 0. The average molecular weight is 266 g/mol. The molecule has 0 saturated carbocycles. The summed E-state index contributed by atoms with van der Waals surface area (Å²) in [5.41, 5.74) is 0.701. The summed E-state index contributed by atoms with van der Waals surface area (Å²) in [6.07, 6.45) is 2.70. The Labute approximate surface area is 114 Å². The van der Waals surface area contributed by atoms with E-state index in [4.69, 9.17) is 0 Å². The molecule has 106 valence electrons. The second-order valence-corrected chi connectivity index (χ2v) is 6.28. The van der Waals surface area contributed by atoms with Crippen LogP contribution in [0.5, 0.6) is 0 Å². The number of benzene rings is 1. The molecule has 0 heterocycles. The van der Waals surface area contributed by atoms with Crippen molar-refractivity contribution in [3.05, 3.63) is 35.6 Å². The maximum Gasteiger partial charge on any atom is 0.306 e. The predicted octanol–water partition coefficient (Wildman–Crippen LogP) is 4.29. The summed E-state index contributed by atoms with van der Waals surface area (Å²) < 4.78 is 13.5. The first-order valence-corrected chi connectivity index (χ1v) is 6.76. The third-order valence-corrected chi connectivity index (χ3v) is 3.25. The summed E-state index contributed by atoms with van der Waals surface area (Å²) in [4.78, 5) is 11.2. The second-order valence-electron chi connectivity index (χ2n) is 6.28. The van der Waals surface area contributed by atoms with Crippen molar-refractivity contribution in [2.75, 3.05) is 0 Å².